The summed E-state index contributed by atoms with van der Waals surface area (Å²) < 4.78 is 13.3. The van der Waals surface area contributed by atoms with E-state index in [0.29, 0.717) is 19.5 Å². The van der Waals surface area contributed by atoms with Crippen molar-refractivity contribution in [3.63, 3.8) is 0 Å². The number of rotatable bonds is 4. The molecular weight excluding hydrogens is 457 g/mol. The molecule has 2 aliphatic heterocycles. The minimum atomic E-state index is -0.220. The normalized spacial score (nSPS) is 15.5. The van der Waals surface area contributed by atoms with Gasteiger partial charge in [0.2, 0.25) is 5.95 Å². The van der Waals surface area contributed by atoms with Crippen LogP contribution in [0.3, 0.4) is 0 Å². The summed E-state index contributed by atoms with van der Waals surface area (Å²) in [7, 11) is 3.95. The fraction of sp³-hybridized carbons (Fsp3) is 0.370. The number of fused-ring (bicyclic) bond motifs is 1. The van der Waals surface area contributed by atoms with Crippen LogP contribution in [0.25, 0.3) is 0 Å². The van der Waals surface area contributed by atoms with Gasteiger partial charge in [0.25, 0.3) is 0 Å². The van der Waals surface area contributed by atoms with Crippen LogP contribution >= 0.6 is 0 Å². The maximum Gasteiger partial charge on any atom is 0.322 e. The zero-order chi connectivity index (χ0) is 25.2. The first kappa shape index (κ1) is 23.8. The molecule has 3 heterocycles. The number of carbonyl (C=O) groups is 1. The first-order valence-electron chi connectivity index (χ1n) is 12.3. The molecule has 9 heteroatoms. The molecule has 0 aliphatic carbocycles. The molecule has 0 atom stereocenters. The lowest BCUT2D eigenvalue weighted by Gasteiger charge is -2.37. The molecule has 8 nitrogen and oxygen atoms in total. The molecule has 3 aromatic rings. The predicted molar refractivity (Wildman–Crippen MR) is 141 cm³/mol. The molecule has 0 radical (unpaired) electrons. The van der Waals surface area contributed by atoms with Crippen molar-refractivity contribution in [2.24, 2.45) is 0 Å². The molecular formula is C27H32FN7O. The zero-order valence-corrected chi connectivity index (χ0v) is 21.0. The van der Waals surface area contributed by atoms with E-state index in [2.05, 4.69) is 15.1 Å². The van der Waals surface area contributed by atoms with Gasteiger partial charge < -0.3 is 24.9 Å². The van der Waals surface area contributed by atoms with E-state index in [1.807, 2.05) is 67.2 Å². The van der Waals surface area contributed by atoms with Gasteiger partial charge in [-0.1, -0.05) is 17.7 Å². The van der Waals surface area contributed by atoms with Crippen molar-refractivity contribution in [1.82, 2.24) is 14.9 Å². The van der Waals surface area contributed by atoms with Gasteiger partial charge in [-0.3, -0.25) is 0 Å². The minimum absolute atomic E-state index is 0.116. The monoisotopic (exact) mass is 489 g/mol. The third kappa shape index (κ3) is 5.05. The van der Waals surface area contributed by atoms with E-state index < -0.39 is 0 Å². The number of hydrogen-bond donors (Lipinski definition) is 1. The van der Waals surface area contributed by atoms with Gasteiger partial charge in [0.15, 0.2) is 0 Å². The Kier molecular flexibility index (Phi) is 6.63. The van der Waals surface area contributed by atoms with E-state index in [1.165, 1.54) is 12.1 Å². The number of piperazine rings is 1. The second-order valence-corrected chi connectivity index (χ2v) is 9.59. The molecule has 188 valence electrons. The van der Waals surface area contributed by atoms with Gasteiger partial charge in [0.1, 0.15) is 11.6 Å². The molecule has 1 saturated heterocycles. The van der Waals surface area contributed by atoms with Crippen LogP contribution in [0.5, 0.6) is 0 Å². The van der Waals surface area contributed by atoms with Crippen molar-refractivity contribution in [3.8, 4) is 0 Å². The Labute approximate surface area is 211 Å². The standard InChI is InChI=1S/C27H32FN7O/c1-19-4-8-21(9-5-19)29-27(36)35-13-12-24-23(18-35)25(32(2)3)31-26(30-24)34-16-14-33(15-17-34)22-10-6-20(28)7-11-22/h4-11H,12-18H2,1-3H3,(H,29,36). The number of nitrogens with zero attached hydrogens (tertiary/aromatic N) is 6. The highest BCUT2D eigenvalue weighted by Gasteiger charge is 2.28. The molecule has 0 spiro atoms. The summed E-state index contributed by atoms with van der Waals surface area (Å²) in [6.45, 7) is 6.30. The number of hydrogen-bond acceptors (Lipinski definition) is 6. The van der Waals surface area contributed by atoms with E-state index in [-0.39, 0.29) is 11.8 Å². The van der Waals surface area contributed by atoms with Crippen LogP contribution in [0.1, 0.15) is 16.8 Å². The second-order valence-electron chi connectivity index (χ2n) is 9.59. The van der Waals surface area contributed by atoms with Gasteiger partial charge in [-0.2, -0.15) is 4.98 Å². The SMILES string of the molecule is Cc1ccc(NC(=O)N2CCc3nc(N4CCN(c5ccc(F)cc5)CC4)nc(N(C)C)c3C2)cc1. The maximum atomic E-state index is 13.3. The average molecular weight is 490 g/mol. The Morgan fingerprint density at radius 3 is 2.25 bits per heavy atom. The quantitative estimate of drug-likeness (QED) is 0.600. The molecule has 1 aromatic heterocycles. The number of carbonyl (C=O) groups excluding carboxylic acids is 1. The van der Waals surface area contributed by atoms with Gasteiger partial charge in [-0.05, 0) is 43.3 Å². The lowest BCUT2D eigenvalue weighted by atomic mass is 10.1. The summed E-state index contributed by atoms with van der Waals surface area (Å²) in [6, 6.07) is 14.3. The Balaban J connectivity index is 1.29. The fourth-order valence-corrected chi connectivity index (χ4v) is 4.72. The molecule has 0 saturated carbocycles. The summed E-state index contributed by atoms with van der Waals surface area (Å²) in [5.74, 6) is 1.36. The summed E-state index contributed by atoms with van der Waals surface area (Å²) in [5, 5.41) is 3.00. The zero-order valence-electron chi connectivity index (χ0n) is 21.0. The fourth-order valence-electron chi connectivity index (χ4n) is 4.72. The van der Waals surface area contributed by atoms with Gasteiger partial charge in [-0.15, -0.1) is 0 Å². The first-order valence-corrected chi connectivity index (χ1v) is 12.3. The van der Waals surface area contributed by atoms with Crippen molar-refractivity contribution >= 4 is 29.2 Å². The van der Waals surface area contributed by atoms with Crippen molar-refractivity contribution in [3.05, 3.63) is 71.2 Å². The van der Waals surface area contributed by atoms with Crippen molar-refractivity contribution in [2.75, 3.05) is 66.8 Å². The minimum Gasteiger partial charge on any atom is -0.368 e. The Bertz CT molecular complexity index is 1220. The Morgan fingerprint density at radius 1 is 0.917 bits per heavy atom. The third-order valence-corrected chi connectivity index (χ3v) is 6.79. The first-order chi connectivity index (χ1) is 17.4. The summed E-state index contributed by atoms with van der Waals surface area (Å²) in [4.78, 5) is 31.1. The number of urea groups is 1. The van der Waals surface area contributed by atoms with Crippen molar-refractivity contribution < 1.29 is 9.18 Å². The van der Waals surface area contributed by atoms with Crippen LogP contribution in [0.15, 0.2) is 48.5 Å². The summed E-state index contributed by atoms with van der Waals surface area (Å²) in [5.41, 5.74) is 4.97. The molecule has 1 fully saturated rings. The number of nitrogens with one attached hydrogen (secondary N) is 1. The molecule has 5 rings (SSSR count). The van der Waals surface area contributed by atoms with Gasteiger partial charge in [-0.25, -0.2) is 14.2 Å². The van der Waals surface area contributed by atoms with Gasteiger partial charge in [0.05, 0.1) is 12.2 Å². The summed E-state index contributed by atoms with van der Waals surface area (Å²) >= 11 is 0. The average Bonchev–Trinajstić information content (AvgIpc) is 2.89. The van der Waals surface area contributed by atoms with E-state index >= 15 is 0 Å². The number of aryl methyl sites for hydroxylation is 1. The second kappa shape index (κ2) is 10.0. The summed E-state index contributed by atoms with van der Waals surface area (Å²) in [6.07, 6.45) is 0.683. The van der Waals surface area contributed by atoms with Crippen molar-refractivity contribution in [2.45, 2.75) is 19.9 Å². The van der Waals surface area contributed by atoms with Gasteiger partial charge >= 0.3 is 6.03 Å². The predicted octanol–water partition coefficient (Wildman–Crippen LogP) is 3.91. The highest BCUT2D eigenvalue weighted by molar-refractivity contribution is 5.89. The highest BCUT2D eigenvalue weighted by atomic mass is 19.1. The number of benzene rings is 2. The third-order valence-electron chi connectivity index (χ3n) is 6.79. The molecule has 2 aromatic carbocycles. The van der Waals surface area contributed by atoms with Crippen LogP contribution in [-0.2, 0) is 13.0 Å². The molecule has 0 unspecified atom stereocenters. The van der Waals surface area contributed by atoms with Crippen molar-refractivity contribution in [1.29, 1.82) is 0 Å². The highest BCUT2D eigenvalue weighted by Crippen LogP contribution is 2.29. The van der Waals surface area contributed by atoms with Crippen LogP contribution in [0.4, 0.5) is 32.3 Å². The van der Waals surface area contributed by atoms with Crippen LogP contribution < -0.4 is 20.0 Å². The topological polar surface area (TPSA) is 67.8 Å². The largest absolute Gasteiger partial charge is 0.368 e. The van der Waals surface area contributed by atoms with E-state index in [0.717, 1.165) is 66.1 Å². The molecule has 36 heavy (non-hydrogen) atoms. The number of aromatic nitrogens is 2. The van der Waals surface area contributed by atoms with Crippen LogP contribution in [0, 0.1) is 12.7 Å². The lowest BCUT2D eigenvalue weighted by Crippen LogP contribution is -2.47. The molecule has 0 bridgehead atoms. The van der Waals surface area contributed by atoms with E-state index in [1.54, 1.807) is 0 Å². The smallest absolute Gasteiger partial charge is 0.322 e. The number of halogens is 1. The molecule has 1 N–H and O–H groups in total. The van der Waals surface area contributed by atoms with Gasteiger partial charge in [0, 0.05) is 70.2 Å². The Hall–Kier alpha value is -3.88. The number of amides is 2. The van der Waals surface area contributed by atoms with E-state index in [4.69, 9.17) is 9.97 Å². The number of anilines is 4. The maximum absolute atomic E-state index is 13.3. The van der Waals surface area contributed by atoms with Crippen LogP contribution in [0.2, 0.25) is 0 Å². The molecule has 2 aliphatic rings. The Morgan fingerprint density at radius 2 is 1.58 bits per heavy atom. The molecule has 2 amide bonds. The van der Waals surface area contributed by atoms with Crippen LogP contribution in [-0.4, -0.2) is 67.7 Å². The van der Waals surface area contributed by atoms with E-state index in [9.17, 15) is 9.18 Å². The lowest BCUT2D eigenvalue weighted by molar-refractivity contribution is 0.206.